The second-order valence-corrected chi connectivity index (χ2v) is 4.85. The van der Waals surface area contributed by atoms with Gasteiger partial charge in [0.25, 0.3) is 11.8 Å². The highest BCUT2D eigenvalue weighted by Crippen LogP contribution is 2.32. The smallest absolute Gasteiger partial charge is 0.262 e. The van der Waals surface area contributed by atoms with Gasteiger partial charge in [-0.2, -0.15) is 0 Å². The van der Waals surface area contributed by atoms with Gasteiger partial charge >= 0.3 is 0 Å². The summed E-state index contributed by atoms with van der Waals surface area (Å²) in [5, 5.41) is 0. The fraction of sp³-hybridized carbons (Fsp3) is 0.118. The van der Waals surface area contributed by atoms with E-state index in [2.05, 4.69) is 0 Å². The third-order valence-corrected chi connectivity index (χ3v) is 3.64. The van der Waals surface area contributed by atoms with Gasteiger partial charge in [0.2, 0.25) is 0 Å². The molecule has 0 N–H and O–H groups in total. The van der Waals surface area contributed by atoms with Crippen molar-refractivity contribution in [3.8, 4) is 0 Å². The van der Waals surface area contributed by atoms with Crippen molar-refractivity contribution in [1.29, 1.82) is 0 Å². The highest BCUT2D eigenvalue weighted by Gasteiger charge is 2.39. The van der Waals surface area contributed by atoms with Gasteiger partial charge in [-0.25, -0.2) is 0 Å². The van der Waals surface area contributed by atoms with Crippen LogP contribution in [0.2, 0.25) is 0 Å². The van der Waals surface area contributed by atoms with Crippen LogP contribution in [-0.2, 0) is 4.79 Å². The molecule has 0 aliphatic carbocycles. The van der Waals surface area contributed by atoms with Gasteiger partial charge in [-0.15, -0.1) is 0 Å². The normalized spacial score (nSPS) is 15.0. The van der Waals surface area contributed by atoms with Gasteiger partial charge < -0.3 is 4.79 Å². The molecular weight excluding hydrogens is 266 g/mol. The Labute approximate surface area is 122 Å². The van der Waals surface area contributed by atoms with Gasteiger partial charge in [0.1, 0.15) is 6.29 Å². The van der Waals surface area contributed by atoms with Crippen molar-refractivity contribution in [2.75, 3.05) is 0 Å². The summed E-state index contributed by atoms with van der Waals surface area (Å²) in [7, 11) is 0. The van der Waals surface area contributed by atoms with Gasteiger partial charge in [-0.3, -0.25) is 14.5 Å². The molecule has 0 spiro atoms. The van der Waals surface area contributed by atoms with E-state index in [4.69, 9.17) is 0 Å². The average molecular weight is 279 g/mol. The Morgan fingerprint density at radius 1 is 0.857 bits per heavy atom. The van der Waals surface area contributed by atoms with Gasteiger partial charge in [-0.1, -0.05) is 42.5 Å². The average Bonchev–Trinajstić information content (AvgIpc) is 2.78. The quantitative estimate of drug-likeness (QED) is 0.638. The van der Waals surface area contributed by atoms with Crippen LogP contribution in [-0.4, -0.2) is 23.0 Å². The predicted octanol–water partition coefficient (Wildman–Crippen LogP) is 2.61. The van der Waals surface area contributed by atoms with Crippen molar-refractivity contribution in [3.63, 3.8) is 0 Å². The Morgan fingerprint density at radius 2 is 1.38 bits per heavy atom. The summed E-state index contributed by atoms with van der Waals surface area (Å²) in [6, 6.07) is 15.3. The van der Waals surface area contributed by atoms with Crippen LogP contribution >= 0.6 is 0 Å². The third kappa shape index (κ3) is 2.14. The molecule has 0 radical (unpaired) electrons. The predicted molar refractivity (Wildman–Crippen MR) is 76.8 cm³/mol. The zero-order chi connectivity index (χ0) is 14.8. The van der Waals surface area contributed by atoms with E-state index in [0.29, 0.717) is 11.1 Å². The van der Waals surface area contributed by atoms with E-state index in [0.717, 1.165) is 11.8 Å². The van der Waals surface area contributed by atoms with Crippen LogP contribution in [0.1, 0.15) is 38.7 Å². The monoisotopic (exact) mass is 279 g/mol. The number of imide groups is 1. The van der Waals surface area contributed by atoms with Crippen molar-refractivity contribution in [3.05, 3.63) is 71.3 Å². The van der Waals surface area contributed by atoms with Crippen LogP contribution in [0.5, 0.6) is 0 Å². The van der Waals surface area contributed by atoms with Crippen LogP contribution in [0, 0.1) is 0 Å². The number of fused-ring (bicyclic) bond motifs is 1. The number of nitrogens with zero attached hydrogens (tertiary/aromatic N) is 1. The zero-order valence-corrected chi connectivity index (χ0v) is 11.2. The number of carbonyl (C=O) groups excluding carboxylic acids is 3. The molecule has 2 aromatic carbocycles. The first-order chi connectivity index (χ1) is 10.2. The van der Waals surface area contributed by atoms with Crippen LogP contribution in [0.25, 0.3) is 0 Å². The molecular formula is C17H13NO3. The second kappa shape index (κ2) is 5.32. The van der Waals surface area contributed by atoms with Crippen LogP contribution in [0.15, 0.2) is 54.6 Å². The van der Waals surface area contributed by atoms with Crippen molar-refractivity contribution in [2.24, 2.45) is 0 Å². The summed E-state index contributed by atoms with van der Waals surface area (Å²) < 4.78 is 0. The maximum Gasteiger partial charge on any atom is 0.262 e. The van der Waals surface area contributed by atoms with Crippen LogP contribution in [0.4, 0.5) is 0 Å². The minimum atomic E-state index is -0.559. The Bertz CT molecular complexity index is 674. The first-order valence-electron chi connectivity index (χ1n) is 6.69. The summed E-state index contributed by atoms with van der Waals surface area (Å²) in [5.74, 6) is -0.683. The molecule has 0 aromatic heterocycles. The third-order valence-electron chi connectivity index (χ3n) is 3.64. The standard InChI is InChI=1S/C17H13NO3/c19-11-10-15(12-6-2-1-3-7-12)18-16(20)13-8-4-5-9-14(13)17(18)21/h1-9,11,15H,10H2/t15-/m1/s1. The summed E-state index contributed by atoms with van der Waals surface area (Å²) in [4.78, 5) is 37.1. The first kappa shape index (κ1) is 13.2. The van der Waals surface area contributed by atoms with Crippen molar-refractivity contribution < 1.29 is 14.4 Å². The largest absolute Gasteiger partial charge is 0.303 e. The molecule has 2 amide bonds. The fourth-order valence-electron chi connectivity index (χ4n) is 2.65. The molecule has 0 unspecified atom stereocenters. The zero-order valence-electron chi connectivity index (χ0n) is 11.2. The second-order valence-electron chi connectivity index (χ2n) is 4.85. The van der Waals surface area contributed by atoms with E-state index in [9.17, 15) is 14.4 Å². The van der Waals surface area contributed by atoms with E-state index < -0.39 is 6.04 Å². The summed E-state index contributed by atoms with van der Waals surface area (Å²) in [5.41, 5.74) is 1.57. The first-order valence-corrected chi connectivity index (χ1v) is 6.69. The highest BCUT2D eigenvalue weighted by atomic mass is 16.2. The Balaban J connectivity index is 2.04. The summed E-state index contributed by atoms with van der Waals surface area (Å²) >= 11 is 0. The Kier molecular flexibility index (Phi) is 3.36. The molecule has 1 aliphatic heterocycles. The minimum Gasteiger partial charge on any atom is -0.303 e. The van der Waals surface area contributed by atoms with Crippen molar-refractivity contribution in [1.82, 2.24) is 4.90 Å². The maximum atomic E-state index is 12.5. The molecule has 4 heteroatoms. The molecule has 0 fully saturated rings. The lowest BCUT2D eigenvalue weighted by Crippen LogP contribution is -2.34. The molecule has 0 saturated heterocycles. The van der Waals surface area contributed by atoms with E-state index >= 15 is 0 Å². The molecule has 1 heterocycles. The molecule has 1 aliphatic rings. The van der Waals surface area contributed by atoms with Gasteiger partial charge in [0, 0.05) is 6.42 Å². The number of carbonyl (C=O) groups is 3. The molecule has 2 aromatic rings. The number of amides is 2. The molecule has 104 valence electrons. The molecule has 3 rings (SSSR count). The number of rotatable bonds is 4. The number of benzene rings is 2. The van der Waals surface area contributed by atoms with Gasteiger partial charge in [0.05, 0.1) is 17.2 Å². The molecule has 21 heavy (non-hydrogen) atoms. The van der Waals surface area contributed by atoms with E-state index in [1.807, 2.05) is 30.3 Å². The molecule has 4 nitrogen and oxygen atoms in total. The Hall–Kier alpha value is -2.75. The fourth-order valence-corrected chi connectivity index (χ4v) is 2.65. The molecule has 0 saturated carbocycles. The van der Waals surface area contributed by atoms with Crippen LogP contribution < -0.4 is 0 Å². The lowest BCUT2D eigenvalue weighted by molar-refractivity contribution is -0.108. The molecule has 1 atom stereocenters. The van der Waals surface area contributed by atoms with E-state index in [1.54, 1.807) is 24.3 Å². The van der Waals surface area contributed by atoms with Crippen molar-refractivity contribution >= 4 is 18.1 Å². The summed E-state index contributed by atoms with van der Waals surface area (Å²) in [6.45, 7) is 0. The number of hydrogen-bond acceptors (Lipinski definition) is 3. The van der Waals surface area contributed by atoms with Gasteiger partial charge in [0.15, 0.2) is 0 Å². The van der Waals surface area contributed by atoms with Crippen molar-refractivity contribution in [2.45, 2.75) is 12.5 Å². The van der Waals surface area contributed by atoms with Gasteiger partial charge in [-0.05, 0) is 17.7 Å². The lowest BCUT2D eigenvalue weighted by atomic mass is 10.0. The molecule has 0 bridgehead atoms. The minimum absolute atomic E-state index is 0.0927. The number of hydrogen-bond donors (Lipinski definition) is 0. The van der Waals surface area contributed by atoms with Crippen LogP contribution in [0.3, 0.4) is 0 Å². The Morgan fingerprint density at radius 3 is 1.90 bits per heavy atom. The highest BCUT2D eigenvalue weighted by molar-refractivity contribution is 6.21. The maximum absolute atomic E-state index is 12.5. The SMILES string of the molecule is O=CC[C@H](c1ccccc1)N1C(=O)c2ccccc2C1=O. The van der Waals surface area contributed by atoms with E-state index in [-0.39, 0.29) is 18.2 Å². The number of aldehydes is 1. The lowest BCUT2D eigenvalue weighted by Gasteiger charge is -2.25. The topological polar surface area (TPSA) is 54.5 Å². The van der Waals surface area contributed by atoms with E-state index in [1.165, 1.54) is 4.90 Å². The summed E-state index contributed by atoms with van der Waals surface area (Å²) in [6.07, 6.45) is 0.830.